The van der Waals surface area contributed by atoms with Crippen molar-refractivity contribution in [3.05, 3.63) is 78.4 Å². The van der Waals surface area contributed by atoms with E-state index in [4.69, 9.17) is 36.5 Å². The van der Waals surface area contributed by atoms with Crippen LogP contribution in [0.4, 0.5) is 11.4 Å². The number of para-hydroxylation sites is 4. The number of ether oxygens (including phenoxy) is 3. The van der Waals surface area contributed by atoms with Crippen molar-refractivity contribution >= 4 is 29.3 Å². The van der Waals surface area contributed by atoms with Gasteiger partial charge in [0.1, 0.15) is 24.5 Å². The quantitative estimate of drug-likeness (QED) is 0.121. The van der Waals surface area contributed by atoms with Crippen LogP contribution < -0.4 is 36.7 Å². The third-order valence-electron chi connectivity index (χ3n) is 6.38. The second kappa shape index (κ2) is 16.6. The van der Waals surface area contributed by atoms with Gasteiger partial charge in [-0.25, -0.2) is 0 Å². The Morgan fingerprint density at radius 3 is 2.14 bits per heavy atom. The third-order valence-corrected chi connectivity index (χ3v) is 6.38. The number of nitrogens with zero attached hydrogens (tertiary/aromatic N) is 2. The number of hydrogen-bond acceptors (Lipinski definition) is 9. The molecule has 1 aliphatic heterocycles. The number of hydrogen-bond donors (Lipinski definition) is 4. The van der Waals surface area contributed by atoms with Gasteiger partial charge in [0.2, 0.25) is 0 Å². The fourth-order valence-corrected chi connectivity index (χ4v) is 4.27. The number of aliphatic carboxylic acids is 2. The Bertz CT molecular complexity index is 1320. The maximum absolute atomic E-state index is 11.2. The summed E-state index contributed by atoms with van der Waals surface area (Å²) in [6.07, 6.45) is 0.271. The summed E-state index contributed by atoms with van der Waals surface area (Å²) in [5.74, 6) is 0.177. The first-order valence-electron chi connectivity index (χ1n) is 13.9. The molecular weight excluding hydrogens is 554 g/mol. The van der Waals surface area contributed by atoms with E-state index in [1.807, 2.05) is 72.8 Å². The van der Waals surface area contributed by atoms with Crippen LogP contribution in [0.3, 0.4) is 0 Å². The number of fused-ring (bicyclic) bond motifs is 2. The highest BCUT2D eigenvalue weighted by molar-refractivity contribution is 5.78. The normalized spacial score (nSPS) is 12.7. The molecule has 3 aromatic rings. The minimum Gasteiger partial charge on any atom is -0.547 e. The summed E-state index contributed by atoms with van der Waals surface area (Å²) in [5.41, 5.74) is 18.2. The number of aliphatic imine (C=N–C) groups is 1. The van der Waals surface area contributed by atoms with E-state index in [2.05, 4.69) is 9.89 Å². The zero-order valence-electron chi connectivity index (χ0n) is 24.1. The van der Waals surface area contributed by atoms with Gasteiger partial charge in [0.25, 0.3) is 0 Å². The van der Waals surface area contributed by atoms with E-state index in [0.717, 1.165) is 34.2 Å². The zero-order chi connectivity index (χ0) is 31.2. The van der Waals surface area contributed by atoms with Crippen LogP contribution in [0.1, 0.15) is 25.3 Å². The lowest BCUT2D eigenvalue weighted by atomic mass is 10.1. The van der Waals surface area contributed by atoms with Crippen LogP contribution in [0, 0.1) is 0 Å². The molecule has 230 valence electrons. The topological polar surface area (TPSA) is 199 Å². The average Bonchev–Trinajstić information content (AvgIpc) is 2.99. The van der Waals surface area contributed by atoms with Crippen molar-refractivity contribution in [1.82, 2.24) is 0 Å². The molecule has 0 unspecified atom stereocenters. The summed E-state index contributed by atoms with van der Waals surface area (Å²) in [6, 6.07) is 22.4. The van der Waals surface area contributed by atoms with Gasteiger partial charge >= 0.3 is 5.97 Å². The number of guanidine groups is 1. The van der Waals surface area contributed by atoms with Crippen LogP contribution in [-0.4, -0.2) is 61.5 Å². The van der Waals surface area contributed by atoms with Gasteiger partial charge in [-0.3, -0.25) is 9.79 Å². The second-order valence-electron chi connectivity index (χ2n) is 9.54. The van der Waals surface area contributed by atoms with Crippen molar-refractivity contribution in [1.29, 1.82) is 0 Å². The Morgan fingerprint density at radius 2 is 1.60 bits per heavy atom. The number of anilines is 2. The Balaban J connectivity index is 0.000000359. The Hall–Kier alpha value is -4.81. The molecule has 4 rings (SSSR count). The highest BCUT2D eigenvalue weighted by Crippen LogP contribution is 2.45. The molecule has 0 aromatic heterocycles. The van der Waals surface area contributed by atoms with Crippen molar-refractivity contribution < 1.29 is 34.0 Å². The first-order chi connectivity index (χ1) is 20.7. The molecule has 0 bridgehead atoms. The molecule has 2 atom stereocenters. The number of carboxylic acids is 2. The predicted octanol–water partition coefficient (Wildman–Crippen LogP) is 2.16. The van der Waals surface area contributed by atoms with Gasteiger partial charge in [0.15, 0.2) is 17.5 Å². The summed E-state index contributed by atoms with van der Waals surface area (Å²) in [5, 5.41) is 19.5. The molecule has 3 aromatic carbocycles. The summed E-state index contributed by atoms with van der Waals surface area (Å²) in [4.78, 5) is 27.2. The standard InChI is InChI=1S/C25H25NO5.C6H14N4O2/c1-2-29-24(25(27)28)17-18-11-13-19(14-12-18)30-16-15-26-20-7-3-5-9-22(20)31-23-10-6-4-8-21(23)26;7-4(5(11)12)2-1-3-10-6(8)9/h3-14,24H,2,15-17H2,1H3,(H,27,28);4H,1-3,7H2,(H,11,12)(H4,8,9,10)/p-1/t24-;4-/m00/s1. The lowest BCUT2D eigenvalue weighted by Crippen LogP contribution is -2.39. The highest BCUT2D eigenvalue weighted by atomic mass is 16.5. The number of benzene rings is 3. The van der Waals surface area contributed by atoms with Crippen LogP contribution in [-0.2, 0) is 20.7 Å². The molecule has 0 fully saturated rings. The van der Waals surface area contributed by atoms with Crippen LogP contribution in [0.5, 0.6) is 17.2 Å². The maximum Gasteiger partial charge on any atom is 0.320 e. The van der Waals surface area contributed by atoms with Crippen molar-refractivity contribution in [2.24, 2.45) is 22.2 Å². The van der Waals surface area contributed by atoms with E-state index in [1.54, 1.807) is 6.92 Å². The zero-order valence-corrected chi connectivity index (χ0v) is 24.1. The Kier molecular flexibility index (Phi) is 12.6. The van der Waals surface area contributed by atoms with Gasteiger partial charge in [0.05, 0.1) is 23.9 Å². The van der Waals surface area contributed by atoms with Crippen molar-refractivity contribution in [2.75, 3.05) is 31.2 Å². The molecule has 0 spiro atoms. The summed E-state index contributed by atoms with van der Waals surface area (Å²) < 4.78 is 17.2. The number of carbonyl (C=O) groups is 2. The number of nitrogens with two attached hydrogens (primary N) is 3. The number of carbonyl (C=O) groups excluding carboxylic acids is 1. The smallest absolute Gasteiger partial charge is 0.320 e. The lowest BCUT2D eigenvalue weighted by molar-refractivity contribution is -0.316. The first-order valence-corrected chi connectivity index (χ1v) is 13.9. The SMILES string of the molecule is CCO[C@@H](Cc1ccc(OCCN2c3ccccc3Oc3ccccc32)cc1)C(=O)[O-].NC(N)=NCCC[C@H](N)C(=O)O. The van der Waals surface area contributed by atoms with E-state index in [1.165, 1.54) is 0 Å². The number of rotatable bonds is 14. The largest absolute Gasteiger partial charge is 0.547 e. The highest BCUT2D eigenvalue weighted by Gasteiger charge is 2.23. The van der Waals surface area contributed by atoms with Gasteiger partial charge in [-0.15, -0.1) is 0 Å². The van der Waals surface area contributed by atoms with Crippen molar-refractivity contribution in [3.8, 4) is 17.2 Å². The van der Waals surface area contributed by atoms with Crippen LogP contribution >= 0.6 is 0 Å². The molecule has 0 radical (unpaired) electrons. The van der Waals surface area contributed by atoms with Crippen molar-refractivity contribution in [2.45, 2.75) is 38.3 Å². The molecule has 1 aliphatic rings. The minimum absolute atomic E-state index is 0.0129. The van der Waals surface area contributed by atoms with Crippen LogP contribution in [0.15, 0.2) is 77.8 Å². The van der Waals surface area contributed by atoms with Crippen molar-refractivity contribution in [3.63, 3.8) is 0 Å². The van der Waals surface area contributed by atoms with E-state index < -0.39 is 24.1 Å². The van der Waals surface area contributed by atoms with Gasteiger partial charge in [0, 0.05) is 19.6 Å². The second-order valence-corrected chi connectivity index (χ2v) is 9.54. The molecule has 0 aliphatic carbocycles. The molecule has 1 heterocycles. The van der Waals surface area contributed by atoms with E-state index in [0.29, 0.717) is 39.1 Å². The predicted molar refractivity (Wildman–Crippen MR) is 162 cm³/mol. The Labute approximate surface area is 250 Å². The Morgan fingerprint density at radius 1 is 1.00 bits per heavy atom. The molecule has 0 saturated heterocycles. The fourth-order valence-electron chi connectivity index (χ4n) is 4.27. The van der Waals surface area contributed by atoms with Crippen LogP contribution in [0.25, 0.3) is 0 Å². The molecule has 7 N–H and O–H groups in total. The summed E-state index contributed by atoms with van der Waals surface area (Å²) in [6.45, 7) is 3.63. The number of carboxylic acid groups (broad SMARTS) is 2. The lowest BCUT2D eigenvalue weighted by Gasteiger charge is -2.32. The molecule has 43 heavy (non-hydrogen) atoms. The third kappa shape index (κ3) is 10.2. The van der Waals surface area contributed by atoms with Gasteiger partial charge in [-0.05, 0) is 61.7 Å². The van der Waals surface area contributed by atoms with Gasteiger partial charge in [-0.2, -0.15) is 0 Å². The molecule has 12 nitrogen and oxygen atoms in total. The van der Waals surface area contributed by atoms with Gasteiger partial charge in [-0.1, -0.05) is 36.4 Å². The summed E-state index contributed by atoms with van der Waals surface area (Å²) in [7, 11) is 0. The average molecular weight is 593 g/mol. The first kappa shape index (κ1) is 32.7. The van der Waals surface area contributed by atoms with Gasteiger partial charge < -0.3 is 51.3 Å². The van der Waals surface area contributed by atoms with E-state index in [9.17, 15) is 14.7 Å². The monoisotopic (exact) mass is 592 g/mol. The molecule has 12 heteroatoms. The minimum atomic E-state index is -1.20. The van der Waals surface area contributed by atoms with Crippen LogP contribution in [0.2, 0.25) is 0 Å². The molecule has 0 saturated carbocycles. The molecule has 0 amide bonds. The maximum atomic E-state index is 11.2. The van der Waals surface area contributed by atoms with E-state index >= 15 is 0 Å². The summed E-state index contributed by atoms with van der Waals surface area (Å²) >= 11 is 0. The fraction of sp³-hybridized carbons (Fsp3) is 0.323. The molecular formula is C31H38N5O7-. The van der Waals surface area contributed by atoms with E-state index in [-0.39, 0.29) is 12.4 Å².